The number of fused-ring (bicyclic) bond motifs is 1. The van der Waals surface area contributed by atoms with Crippen molar-refractivity contribution in [2.75, 3.05) is 0 Å². The van der Waals surface area contributed by atoms with Crippen LogP contribution < -0.4 is 0 Å². The van der Waals surface area contributed by atoms with E-state index in [4.69, 9.17) is 5.11 Å². The van der Waals surface area contributed by atoms with Crippen molar-refractivity contribution >= 4 is 23.8 Å². The van der Waals surface area contributed by atoms with Gasteiger partial charge in [-0.2, -0.15) is 0 Å². The van der Waals surface area contributed by atoms with Gasteiger partial charge in [0.05, 0.1) is 0 Å². The second-order valence-corrected chi connectivity index (χ2v) is 4.07. The fourth-order valence-electron chi connectivity index (χ4n) is 1.42. The minimum atomic E-state index is -0.929. The molecule has 1 heterocycles. The highest BCUT2D eigenvalue weighted by Gasteiger charge is 2.27. The molecule has 0 fully saturated rings. The van der Waals surface area contributed by atoms with Crippen LogP contribution in [0.1, 0.15) is 16.4 Å². The Kier molecular flexibility index (Phi) is 2.21. The molecule has 0 saturated heterocycles. The van der Waals surface area contributed by atoms with Gasteiger partial charge in [0, 0.05) is 0 Å². The predicted octanol–water partition coefficient (Wildman–Crippen LogP) is 2.42. The first-order valence-corrected chi connectivity index (χ1v) is 4.95. The van der Waals surface area contributed by atoms with Crippen LogP contribution in [0.3, 0.4) is 0 Å². The van der Waals surface area contributed by atoms with Gasteiger partial charge >= 0.3 is 5.97 Å². The van der Waals surface area contributed by atoms with E-state index in [-0.39, 0.29) is 5.09 Å². The van der Waals surface area contributed by atoms with Gasteiger partial charge in [-0.05, 0) is 17.2 Å². The number of rotatable bonds is 1. The zero-order valence-corrected chi connectivity index (χ0v) is 7.99. The molecule has 0 aliphatic carbocycles. The van der Waals surface area contributed by atoms with Crippen LogP contribution >= 0.6 is 11.8 Å². The fourth-order valence-corrected chi connectivity index (χ4v) is 2.29. The van der Waals surface area contributed by atoms with Crippen LogP contribution in [0.5, 0.6) is 0 Å². The summed E-state index contributed by atoms with van der Waals surface area (Å²) in [6.45, 7) is 0. The third-order valence-electron chi connectivity index (χ3n) is 2.02. The molecule has 1 aromatic carbocycles. The van der Waals surface area contributed by atoms with Gasteiger partial charge in [0.2, 0.25) is 0 Å². The van der Waals surface area contributed by atoms with Crippen LogP contribution in [-0.2, 0) is 4.79 Å². The normalized spacial score (nSPS) is 19.7. The summed E-state index contributed by atoms with van der Waals surface area (Å²) in [5, 5.41) is 17.6. The summed E-state index contributed by atoms with van der Waals surface area (Å²) in [6, 6.07) is 7.17. The van der Waals surface area contributed by atoms with E-state index in [1.54, 1.807) is 24.3 Å². The molecule has 0 radical (unpaired) electrons. The average Bonchev–Trinajstić information content (AvgIpc) is 2.16. The van der Waals surface area contributed by atoms with Gasteiger partial charge in [0.25, 0.3) is 0 Å². The maximum Gasteiger partial charge on any atom is 0.321 e. The Hall–Kier alpha value is -1.42. The van der Waals surface area contributed by atoms with E-state index in [9.17, 15) is 9.90 Å². The Labute approximate surface area is 85.1 Å². The summed E-state index contributed by atoms with van der Waals surface area (Å²) in [7, 11) is 0. The Morgan fingerprint density at radius 3 is 2.79 bits per heavy atom. The smallest absolute Gasteiger partial charge is 0.321 e. The number of aliphatic carboxylic acids is 1. The molecule has 14 heavy (non-hydrogen) atoms. The highest BCUT2D eigenvalue weighted by molar-refractivity contribution is 8.03. The number of carboxylic acids is 1. The Bertz CT molecular complexity index is 412. The maximum atomic E-state index is 10.9. The SMILES string of the molecule is O=C(O)C1SC(O)=Cc2ccccc21. The van der Waals surface area contributed by atoms with E-state index in [2.05, 4.69) is 0 Å². The Balaban J connectivity index is 2.53. The van der Waals surface area contributed by atoms with Gasteiger partial charge < -0.3 is 10.2 Å². The Morgan fingerprint density at radius 2 is 2.07 bits per heavy atom. The molecule has 2 rings (SSSR count). The van der Waals surface area contributed by atoms with Crippen molar-refractivity contribution in [2.45, 2.75) is 5.25 Å². The third kappa shape index (κ3) is 1.48. The van der Waals surface area contributed by atoms with Crippen LogP contribution in [0, 0.1) is 0 Å². The van der Waals surface area contributed by atoms with Crippen molar-refractivity contribution in [1.82, 2.24) is 0 Å². The summed E-state index contributed by atoms with van der Waals surface area (Å²) >= 11 is 0.954. The van der Waals surface area contributed by atoms with Crippen molar-refractivity contribution in [1.29, 1.82) is 0 Å². The minimum absolute atomic E-state index is 0.0519. The molecule has 0 saturated carbocycles. The van der Waals surface area contributed by atoms with E-state index in [1.165, 1.54) is 0 Å². The lowest BCUT2D eigenvalue weighted by molar-refractivity contribution is -0.136. The largest absolute Gasteiger partial charge is 0.502 e. The van der Waals surface area contributed by atoms with Gasteiger partial charge in [-0.15, -0.1) is 0 Å². The van der Waals surface area contributed by atoms with Gasteiger partial charge in [-0.3, -0.25) is 4.79 Å². The van der Waals surface area contributed by atoms with Gasteiger partial charge in [-0.1, -0.05) is 36.0 Å². The van der Waals surface area contributed by atoms with E-state index < -0.39 is 11.2 Å². The van der Waals surface area contributed by atoms with Gasteiger partial charge in [0.1, 0.15) is 5.25 Å². The topological polar surface area (TPSA) is 57.5 Å². The zero-order chi connectivity index (χ0) is 10.1. The number of aliphatic hydroxyl groups excluding tert-OH is 1. The van der Waals surface area contributed by atoms with E-state index >= 15 is 0 Å². The van der Waals surface area contributed by atoms with Crippen molar-refractivity contribution < 1.29 is 15.0 Å². The minimum Gasteiger partial charge on any atom is -0.502 e. The molecule has 0 spiro atoms. The third-order valence-corrected chi connectivity index (χ3v) is 3.07. The van der Waals surface area contributed by atoms with Crippen LogP contribution in [0.2, 0.25) is 0 Å². The van der Waals surface area contributed by atoms with Crippen molar-refractivity contribution in [3.8, 4) is 0 Å². The molecule has 72 valence electrons. The first-order valence-electron chi connectivity index (χ1n) is 4.07. The van der Waals surface area contributed by atoms with Crippen molar-refractivity contribution in [3.63, 3.8) is 0 Å². The molecule has 2 N–H and O–H groups in total. The highest BCUT2D eigenvalue weighted by atomic mass is 32.2. The summed E-state index contributed by atoms with van der Waals surface area (Å²) in [6.07, 6.45) is 1.58. The van der Waals surface area contributed by atoms with Crippen molar-refractivity contribution in [2.24, 2.45) is 0 Å². The van der Waals surface area contributed by atoms with E-state index in [1.807, 2.05) is 6.07 Å². The van der Waals surface area contributed by atoms with Gasteiger partial charge in [-0.25, -0.2) is 0 Å². The second kappa shape index (κ2) is 3.38. The number of hydrogen-bond acceptors (Lipinski definition) is 3. The molecule has 1 aliphatic rings. The van der Waals surface area contributed by atoms with E-state index in [0.29, 0.717) is 0 Å². The quantitative estimate of drug-likeness (QED) is 0.744. The van der Waals surface area contributed by atoms with Crippen LogP contribution in [0.25, 0.3) is 6.08 Å². The fraction of sp³-hybridized carbons (Fsp3) is 0.100. The van der Waals surface area contributed by atoms with Gasteiger partial charge in [0.15, 0.2) is 5.09 Å². The summed E-state index contributed by atoms with van der Waals surface area (Å²) < 4.78 is 0. The van der Waals surface area contributed by atoms with Crippen LogP contribution in [0.4, 0.5) is 0 Å². The monoisotopic (exact) mass is 208 g/mol. The molecular formula is C10H8O3S. The molecule has 1 unspecified atom stereocenters. The number of benzene rings is 1. The van der Waals surface area contributed by atoms with E-state index in [0.717, 1.165) is 22.9 Å². The summed E-state index contributed by atoms with van der Waals surface area (Å²) in [5.41, 5.74) is 1.51. The average molecular weight is 208 g/mol. The molecule has 0 aromatic heterocycles. The first kappa shape index (κ1) is 9.15. The molecule has 0 bridgehead atoms. The molecule has 1 aliphatic heterocycles. The molecule has 4 heteroatoms. The molecule has 0 amide bonds. The number of thioether (sulfide) groups is 1. The number of hydrogen-bond donors (Lipinski definition) is 2. The summed E-state index contributed by atoms with van der Waals surface area (Å²) in [4.78, 5) is 10.9. The standard InChI is InChI=1S/C10H8O3S/c11-8-5-6-3-1-2-4-7(6)9(14-8)10(12)13/h1-5,9,11H,(H,12,13). The molecule has 3 nitrogen and oxygen atoms in total. The first-order chi connectivity index (χ1) is 6.68. The molecule has 1 atom stereocenters. The number of carbonyl (C=O) groups is 1. The molecular weight excluding hydrogens is 200 g/mol. The molecule has 1 aromatic rings. The second-order valence-electron chi connectivity index (χ2n) is 2.95. The predicted molar refractivity (Wildman–Crippen MR) is 55.0 cm³/mol. The maximum absolute atomic E-state index is 10.9. The lowest BCUT2D eigenvalue weighted by Gasteiger charge is -2.18. The van der Waals surface area contributed by atoms with Crippen LogP contribution in [-0.4, -0.2) is 16.2 Å². The lowest BCUT2D eigenvalue weighted by Crippen LogP contribution is -2.12. The highest BCUT2D eigenvalue weighted by Crippen LogP contribution is 2.40. The van der Waals surface area contributed by atoms with Crippen LogP contribution in [0.15, 0.2) is 29.4 Å². The Morgan fingerprint density at radius 1 is 1.36 bits per heavy atom. The number of carboxylic acid groups (broad SMARTS) is 1. The lowest BCUT2D eigenvalue weighted by atomic mass is 10.0. The zero-order valence-electron chi connectivity index (χ0n) is 7.18. The number of aliphatic hydroxyl groups is 1. The summed E-state index contributed by atoms with van der Waals surface area (Å²) in [5.74, 6) is -0.929. The van der Waals surface area contributed by atoms with Crippen molar-refractivity contribution in [3.05, 3.63) is 40.5 Å².